The fourth-order valence-corrected chi connectivity index (χ4v) is 4.10. The smallest absolute Gasteiger partial charge is 0.325 e. The van der Waals surface area contributed by atoms with Crippen molar-refractivity contribution >= 4 is 28.6 Å². The number of fused-ring (bicyclic) bond motifs is 1. The van der Waals surface area contributed by atoms with Gasteiger partial charge < -0.3 is 10.3 Å². The zero-order chi connectivity index (χ0) is 21.6. The molecule has 1 atom stereocenters. The maximum atomic E-state index is 13.2. The molecular weight excluding hydrogens is 378 g/mol. The highest BCUT2D eigenvalue weighted by Crippen LogP contribution is 2.31. The summed E-state index contributed by atoms with van der Waals surface area (Å²) in [5.41, 5.74) is 2.75. The first-order valence-corrected chi connectivity index (χ1v) is 10.1. The van der Waals surface area contributed by atoms with Crippen molar-refractivity contribution in [1.82, 2.24) is 15.2 Å². The number of H-pyrrole nitrogens is 1. The van der Waals surface area contributed by atoms with E-state index in [2.05, 4.69) is 24.1 Å². The SMILES string of the molecule is Cc1[nH]c2ccccc2c1C(=O)CN1C(=O)N[C@](C)(c2ccc(C(C)C)cc2)C1=O. The van der Waals surface area contributed by atoms with Crippen molar-refractivity contribution < 1.29 is 14.4 Å². The largest absolute Gasteiger partial charge is 0.358 e. The van der Waals surface area contributed by atoms with Crippen LogP contribution in [0.25, 0.3) is 10.9 Å². The topological polar surface area (TPSA) is 82.3 Å². The van der Waals surface area contributed by atoms with Gasteiger partial charge in [-0.1, -0.05) is 56.3 Å². The number of rotatable bonds is 5. The van der Waals surface area contributed by atoms with E-state index >= 15 is 0 Å². The predicted molar refractivity (Wildman–Crippen MR) is 115 cm³/mol. The van der Waals surface area contributed by atoms with Gasteiger partial charge >= 0.3 is 6.03 Å². The van der Waals surface area contributed by atoms with E-state index in [1.807, 2.05) is 55.5 Å². The molecule has 3 aromatic rings. The predicted octanol–water partition coefficient (Wildman–Crippen LogP) is 4.25. The summed E-state index contributed by atoms with van der Waals surface area (Å²) in [6.07, 6.45) is 0. The van der Waals surface area contributed by atoms with Crippen LogP contribution >= 0.6 is 0 Å². The van der Waals surface area contributed by atoms with E-state index < -0.39 is 17.5 Å². The number of carbonyl (C=O) groups is 3. The Bertz CT molecular complexity index is 1160. The van der Waals surface area contributed by atoms with Gasteiger partial charge in [0, 0.05) is 22.2 Å². The minimum absolute atomic E-state index is 0.271. The third kappa shape index (κ3) is 3.09. The maximum absolute atomic E-state index is 13.2. The van der Waals surface area contributed by atoms with E-state index in [1.54, 1.807) is 6.92 Å². The van der Waals surface area contributed by atoms with Gasteiger partial charge in [0.1, 0.15) is 5.54 Å². The monoisotopic (exact) mass is 403 g/mol. The summed E-state index contributed by atoms with van der Waals surface area (Å²) in [5.74, 6) is -0.322. The summed E-state index contributed by atoms with van der Waals surface area (Å²) in [6, 6.07) is 14.6. The van der Waals surface area contributed by atoms with Gasteiger partial charge in [0.2, 0.25) is 0 Å². The van der Waals surface area contributed by atoms with Crippen LogP contribution in [0.15, 0.2) is 48.5 Å². The molecule has 1 fully saturated rings. The number of urea groups is 1. The highest BCUT2D eigenvalue weighted by Gasteiger charge is 2.49. The second-order valence-electron chi connectivity index (χ2n) is 8.32. The zero-order valence-corrected chi connectivity index (χ0v) is 17.6. The first-order valence-electron chi connectivity index (χ1n) is 10.1. The Balaban J connectivity index is 1.61. The number of carbonyl (C=O) groups excluding carboxylic acids is 3. The Morgan fingerprint density at radius 2 is 1.73 bits per heavy atom. The van der Waals surface area contributed by atoms with Gasteiger partial charge in [0.25, 0.3) is 5.91 Å². The molecule has 0 spiro atoms. The number of imide groups is 1. The van der Waals surface area contributed by atoms with Crippen molar-refractivity contribution in [2.45, 2.75) is 39.2 Å². The summed E-state index contributed by atoms with van der Waals surface area (Å²) < 4.78 is 0. The average Bonchev–Trinajstić information content (AvgIpc) is 3.16. The Labute approximate surface area is 175 Å². The number of aromatic amines is 1. The Morgan fingerprint density at radius 3 is 2.40 bits per heavy atom. The molecule has 2 N–H and O–H groups in total. The first kappa shape index (κ1) is 19.9. The summed E-state index contributed by atoms with van der Waals surface area (Å²) in [6.45, 7) is 7.39. The van der Waals surface area contributed by atoms with Crippen molar-refractivity contribution in [3.05, 3.63) is 70.9 Å². The minimum atomic E-state index is -1.19. The normalized spacial score (nSPS) is 19.0. The number of hydrogen-bond acceptors (Lipinski definition) is 3. The van der Waals surface area contributed by atoms with Gasteiger partial charge in [-0.05, 0) is 37.0 Å². The van der Waals surface area contributed by atoms with Crippen LogP contribution < -0.4 is 5.32 Å². The molecule has 6 nitrogen and oxygen atoms in total. The maximum Gasteiger partial charge on any atom is 0.325 e. The molecule has 30 heavy (non-hydrogen) atoms. The molecular formula is C24H25N3O3. The summed E-state index contributed by atoms with van der Waals surface area (Å²) >= 11 is 0. The summed E-state index contributed by atoms with van der Waals surface area (Å²) in [5, 5.41) is 3.57. The van der Waals surface area contributed by atoms with Gasteiger partial charge in [0.05, 0.1) is 6.54 Å². The van der Waals surface area contributed by atoms with Crippen LogP contribution in [-0.2, 0) is 10.3 Å². The van der Waals surface area contributed by atoms with Crippen LogP contribution in [-0.4, -0.2) is 34.2 Å². The van der Waals surface area contributed by atoms with Crippen molar-refractivity contribution in [1.29, 1.82) is 0 Å². The number of aryl methyl sites for hydroxylation is 1. The summed E-state index contributed by atoms with van der Waals surface area (Å²) in [7, 11) is 0. The molecule has 1 saturated heterocycles. The van der Waals surface area contributed by atoms with E-state index in [0.29, 0.717) is 17.0 Å². The molecule has 0 radical (unpaired) electrons. The van der Waals surface area contributed by atoms with Gasteiger partial charge in [-0.3, -0.25) is 14.5 Å². The number of Topliss-reactive ketones (excluding diaryl/α,β-unsaturated/α-hetero) is 1. The second kappa shape index (κ2) is 7.13. The quantitative estimate of drug-likeness (QED) is 0.494. The molecule has 6 heteroatoms. The lowest BCUT2D eigenvalue weighted by Gasteiger charge is -2.22. The molecule has 2 aromatic carbocycles. The van der Waals surface area contributed by atoms with Crippen LogP contribution in [0, 0.1) is 6.92 Å². The fourth-order valence-electron chi connectivity index (χ4n) is 4.10. The molecule has 1 aromatic heterocycles. The molecule has 0 aliphatic carbocycles. The molecule has 0 saturated carbocycles. The standard InChI is InChI=1S/C24H25N3O3/c1-14(2)16-9-11-17(12-10-16)24(4)22(29)27(23(30)26-24)13-20(28)21-15(3)25-19-8-6-5-7-18(19)21/h5-12,14,25H,13H2,1-4H3,(H,26,30)/t24-/m1/s1. The van der Waals surface area contributed by atoms with Crippen molar-refractivity contribution in [2.75, 3.05) is 6.54 Å². The Hall–Kier alpha value is -3.41. The Kier molecular flexibility index (Phi) is 4.73. The van der Waals surface area contributed by atoms with Crippen LogP contribution in [0.1, 0.15) is 53.9 Å². The number of nitrogens with zero attached hydrogens (tertiary/aromatic N) is 1. The lowest BCUT2D eigenvalue weighted by Crippen LogP contribution is -2.41. The molecule has 154 valence electrons. The molecule has 0 bridgehead atoms. The van der Waals surface area contributed by atoms with Crippen LogP contribution in [0.2, 0.25) is 0 Å². The van der Waals surface area contributed by atoms with Crippen molar-refractivity contribution in [3.8, 4) is 0 Å². The van der Waals surface area contributed by atoms with Crippen molar-refractivity contribution in [2.24, 2.45) is 0 Å². The number of nitrogens with one attached hydrogen (secondary N) is 2. The number of benzene rings is 2. The van der Waals surface area contributed by atoms with Crippen LogP contribution in [0.4, 0.5) is 4.79 Å². The lowest BCUT2D eigenvalue weighted by molar-refractivity contribution is -0.130. The third-order valence-electron chi connectivity index (χ3n) is 5.90. The highest BCUT2D eigenvalue weighted by atomic mass is 16.2. The van der Waals surface area contributed by atoms with E-state index in [0.717, 1.165) is 27.1 Å². The van der Waals surface area contributed by atoms with Crippen LogP contribution in [0.5, 0.6) is 0 Å². The van der Waals surface area contributed by atoms with Crippen molar-refractivity contribution in [3.63, 3.8) is 0 Å². The van der Waals surface area contributed by atoms with Gasteiger partial charge in [0.15, 0.2) is 5.78 Å². The average molecular weight is 403 g/mol. The number of hydrogen-bond donors (Lipinski definition) is 2. The zero-order valence-electron chi connectivity index (χ0n) is 17.6. The molecule has 3 amide bonds. The third-order valence-corrected chi connectivity index (χ3v) is 5.90. The molecule has 2 heterocycles. The second-order valence-corrected chi connectivity index (χ2v) is 8.32. The number of amides is 3. The van der Waals surface area contributed by atoms with Gasteiger partial charge in [-0.15, -0.1) is 0 Å². The first-order chi connectivity index (χ1) is 14.2. The van der Waals surface area contributed by atoms with E-state index in [9.17, 15) is 14.4 Å². The minimum Gasteiger partial charge on any atom is -0.358 e. The Morgan fingerprint density at radius 1 is 1.07 bits per heavy atom. The van der Waals surface area contributed by atoms with E-state index in [4.69, 9.17) is 0 Å². The van der Waals surface area contributed by atoms with Gasteiger partial charge in [-0.2, -0.15) is 0 Å². The number of ketones is 1. The molecule has 1 aliphatic rings. The molecule has 0 unspecified atom stereocenters. The number of para-hydroxylation sites is 1. The number of aromatic nitrogens is 1. The molecule has 4 rings (SSSR count). The molecule has 1 aliphatic heterocycles. The van der Waals surface area contributed by atoms with E-state index in [1.165, 1.54) is 0 Å². The summed E-state index contributed by atoms with van der Waals surface area (Å²) in [4.78, 5) is 43.1. The van der Waals surface area contributed by atoms with Gasteiger partial charge in [-0.25, -0.2) is 4.79 Å². The van der Waals surface area contributed by atoms with Crippen LogP contribution in [0.3, 0.4) is 0 Å². The highest BCUT2D eigenvalue weighted by molar-refractivity contribution is 6.15. The fraction of sp³-hybridized carbons (Fsp3) is 0.292. The van der Waals surface area contributed by atoms with E-state index in [-0.39, 0.29) is 12.3 Å². The lowest BCUT2D eigenvalue weighted by atomic mass is 9.90.